The molecule has 1 aromatic rings. The van der Waals surface area contributed by atoms with Crippen molar-refractivity contribution in [2.24, 2.45) is 0 Å². The van der Waals surface area contributed by atoms with Crippen LogP contribution in [0.15, 0.2) is 24.3 Å². The van der Waals surface area contributed by atoms with Gasteiger partial charge in [-0.1, -0.05) is 18.2 Å². The van der Waals surface area contributed by atoms with E-state index in [1.54, 1.807) is 0 Å². The Morgan fingerprint density at radius 3 is 2.86 bits per heavy atom. The van der Waals surface area contributed by atoms with Crippen LogP contribution in [0.25, 0.3) is 0 Å². The van der Waals surface area contributed by atoms with E-state index in [1.807, 2.05) is 24.3 Å². The van der Waals surface area contributed by atoms with E-state index in [4.69, 9.17) is 4.74 Å². The first-order valence-corrected chi connectivity index (χ1v) is 7.01. The summed E-state index contributed by atoms with van der Waals surface area (Å²) in [4.78, 5) is 35.2. The van der Waals surface area contributed by atoms with Crippen molar-refractivity contribution >= 4 is 17.7 Å². The van der Waals surface area contributed by atoms with Crippen molar-refractivity contribution in [3.8, 4) is 5.75 Å². The summed E-state index contributed by atoms with van der Waals surface area (Å²) in [6, 6.07) is 6.79. The molecule has 2 unspecified atom stereocenters. The standard InChI is InChI=1S/C15H16N2O4/c18-13-6-5-11(15(20)17-13)16-14(19)10-7-8-21-12-4-2-1-3-9(10)12/h1-4,10-11H,5-8H2,(H,16,19)(H,17,18,20). The minimum absolute atomic E-state index is 0.194. The van der Waals surface area contributed by atoms with E-state index in [2.05, 4.69) is 10.6 Å². The van der Waals surface area contributed by atoms with Gasteiger partial charge in [0.25, 0.3) is 0 Å². The molecular formula is C15H16N2O4. The number of fused-ring (bicyclic) bond motifs is 1. The monoisotopic (exact) mass is 288 g/mol. The van der Waals surface area contributed by atoms with E-state index in [1.165, 1.54) is 0 Å². The van der Waals surface area contributed by atoms with Crippen LogP contribution in [0, 0.1) is 0 Å². The molecule has 6 heteroatoms. The van der Waals surface area contributed by atoms with Gasteiger partial charge in [-0.15, -0.1) is 0 Å². The van der Waals surface area contributed by atoms with E-state index in [-0.39, 0.29) is 24.2 Å². The molecule has 0 spiro atoms. The van der Waals surface area contributed by atoms with Crippen LogP contribution in [0.2, 0.25) is 0 Å². The van der Waals surface area contributed by atoms with Crippen molar-refractivity contribution in [3.05, 3.63) is 29.8 Å². The minimum atomic E-state index is -0.634. The molecular weight excluding hydrogens is 272 g/mol. The van der Waals surface area contributed by atoms with E-state index in [9.17, 15) is 14.4 Å². The molecule has 2 aliphatic rings. The first-order chi connectivity index (χ1) is 10.1. The largest absolute Gasteiger partial charge is 0.493 e. The second-order valence-electron chi connectivity index (χ2n) is 5.24. The number of hydrogen-bond acceptors (Lipinski definition) is 4. The number of nitrogens with one attached hydrogen (secondary N) is 2. The summed E-state index contributed by atoms with van der Waals surface area (Å²) in [7, 11) is 0. The number of carbonyl (C=O) groups excluding carboxylic acids is 3. The fourth-order valence-electron chi connectivity index (χ4n) is 2.72. The summed E-state index contributed by atoms with van der Waals surface area (Å²) in [6.07, 6.45) is 1.18. The molecule has 0 bridgehead atoms. The Hall–Kier alpha value is -2.37. The molecule has 21 heavy (non-hydrogen) atoms. The third-order valence-electron chi connectivity index (χ3n) is 3.83. The Labute approximate surface area is 121 Å². The van der Waals surface area contributed by atoms with Gasteiger partial charge in [0.15, 0.2) is 0 Å². The minimum Gasteiger partial charge on any atom is -0.493 e. The fraction of sp³-hybridized carbons (Fsp3) is 0.400. The predicted octanol–water partition coefficient (Wildman–Crippen LogP) is 0.474. The number of para-hydroxylation sites is 1. The summed E-state index contributed by atoms with van der Waals surface area (Å²) in [5.74, 6) is -0.519. The second kappa shape index (κ2) is 5.55. The average Bonchev–Trinajstić information content (AvgIpc) is 2.49. The molecule has 1 fully saturated rings. The van der Waals surface area contributed by atoms with Gasteiger partial charge in [0.05, 0.1) is 12.5 Å². The number of amides is 3. The van der Waals surface area contributed by atoms with Gasteiger partial charge in [0.1, 0.15) is 11.8 Å². The lowest BCUT2D eigenvalue weighted by Gasteiger charge is -2.28. The van der Waals surface area contributed by atoms with E-state index < -0.39 is 11.9 Å². The van der Waals surface area contributed by atoms with Crippen LogP contribution >= 0.6 is 0 Å². The van der Waals surface area contributed by atoms with Crippen LogP contribution in [-0.2, 0) is 14.4 Å². The maximum absolute atomic E-state index is 12.4. The van der Waals surface area contributed by atoms with Crippen molar-refractivity contribution in [2.45, 2.75) is 31.2 Å². The predicted molar refractivity (Wildman–Crippen MR) is 73.6 cm³/mol. The molecule has 110 valence electrons. The lowest BCUT2D eigenvalue weighted by atomic mass is 9.91. The van der Waals surface area contributed by atoms with Gasteiger partial charge in [-0.25, -0.2) is 0 Å². The normalized spacial score (nSPS) is 24.6. The molecule has 0 radical (unpaired) electrons. The number of imide groups is 1. The number of carbonyl (C=O) groups is 3. The van der Waals surface area contributed by atoms with E-state index >= 15 is 0 Å². The Balaban J connectivity index is 1.72. The zero-order chi connectivity index (χ0) is 14.8. The van der Waals surface area contributed by atoms with Crippen molar-refractivity contribution in [3.63, 3.8) is 0 Å². The molecule has 3 rings (SSSR count). The summed E-state index contributed by atoms with van der Waals surface area (Å²) in [5, 5.41) is 4.98. The van der Waals surface area contributed by atoms with Gasteiger partial charge in [-0.2, -0.15) is 0 Å². The highest BCUT2D eigenvalue weighted by molar-refractivity contribution is 6.02. The molecule has 2 aliphatic heterocycles. The highest BCUT2D eigenvalue weighted by atomic mass is 16.5. The molecule has 3 amide bonds. The molecule has 0 aliphatic carbocycles. The third-order valence-corrected chi connectivity index (χ3v) is 3.83. The Morgan fingerprint density at radius 1 is 1.24 bits per heavy atom. The molecule has 2 heterocycles. The Morgan fingerprint density at radius 2 is 2.05 bits per heavy atom. The highest BCUT2D eigenvalue weighted by Gasteiger charge is 2.32. The van der Waals surface area contributed by atoms with Crippen LogP contribution in [-0.4, -0.2) is 30.4 Å². The van der Waals surface area contributed by atoms with Crippen LogP contribution in [0.5, 0.6) is 5.75 Å². The lowest BCUT2D eigenvalue weighted by Crippen LogP contribution is -2.53. The zero-order valence-corrected chi connectivity index (χ0v) is 11.4. The quantitative estimate of drug-likeness (QED) is 0.775. The maximum atomic E-state index is 12.4. The van der Waals surface area contributed by atoms with Crippen LogP contribution in [0.1, 0.15) is 30.7 Å². The van der Waals surface area contributed by atoms with Crippen LogP contribution in [0.3, 0.4) is 0 Å². The van der Waals surface area contributed by atoms with Crippen molar-refractivity contribution in [1.82, 2.24) is 10.6 Å². The van der Waals surface area contributed by atoms with E-state index in [0.717, 1.165) is 5.56 Å². The third kappa shape index (κ3) is 2.74. The van der Waals surface area contributed by atoms with Gasteiger partial charge < -0.3 is 10.1 Å². The summed E-state index contributed by atoms with van der Waals surface area (Å²) in [5.41, 5.74) is 0.841. The number of ether oxygens (including phenoxy) is 1. The molecule has 6 nitrogen and oxygen atoms in total. The molecule has 1 saturated heterocycles. The SMILES string of the molecule is O=C1CCC(NC(=O)C2CCOc3ccccc32)C(=O)N1. The van der Waals surface area contributed by atoms with Gasteiger partial charge in [0.2, 0.25) is 17.7 Å². The van der Waals surface area contributed by atoms with Gasteiger partial charge in [-0.3, -0.25) is 19.7 Å². The first kappa shape index (κ1) is 13.6. The number of piperidine rings is 1. The first-order valence-electron chi connectivity index (χ1n) is 7.01. The average molecular weight is 288 g/mol. The second-order valence-corrected chi connectivity index (χ2v) is 5.24. The van der Waals surface area contributed by atoms with Crippen LogP contribution in [0.4, 0.5) is 0 Å². The molecule has 2 atom stereocenters. The Bertz CT molecular complexity index is 599. The summed E-state index contributed by atoms with van der Waals surface area (Å²) < 4.78 is 5.53. The highest BCUT2D eigenvalue weighted by Crippen LogP contribution is 2.33. The lowest BCUT2D eigenvalue weighted by molar-refractivity contribution is -0.137. The van der Waals surface area contributed by atoms with E-state index in [0.29, 0.717) is 25.2 Å². The smallest absolute Gasteiger partial charge is 0.249 e. The number of benzene rings is 1. The summed E-state index contributed by atoms with van der Waals surface area (Å²) in [6.45, 7) is 0.477. The zero-order valence-electron chi connectivity index (χ0n) is 11.4. The van der Waals surface area contributed by atoms with Crippen molar-refractivity contribution < 1.29 is 19.1 Å². The number of hydrogen-bond donors (Lipinski definition) is 2. The van der Waals surface area contributed by atoms with Crippen molar-refractivity contribution in [2.75, 3.05) is 6.61 Å². The Kier molecular flexibility index (Phi) is 3.60. The molecule has 1 aromatic carbocycles. The maximum Gasteiger partial charge on any atom is 0.249 e. The summed E-state index contributed by atoms with van der Waals surface area (Å²) >= 11 is 0. The van der Waals surface area contributed by atoms with Crippen LogP contribution < -0.4 is 15.4 Å². The van der Waals surface area contributed by atoms with Gasteiger partial charge in [-0.05, 0) is 18.9 Å². The van der Waals surface area contributed by atoms with Gasteiger partial charge in [0, 0.05) is 12.0 Å². The molecule has 0 aromatic heterocycles. The van der Waals surface area contributed by atoms with Crippen molar-refractivity contribution in [1.29, 1.82) is 0 Å². The number of rotatable bonds is 2. The fourth-order valence-corrected chi connectivity index (χ4v) is 2.72. The molecule has 2 N–H and O–H groups in total. The topological polar surface area (TPSA) is 84.5 Å². The van der Waals surface area contributed by atoms with Gasteiger partial charge >= 0.3 is 0 Å². The molecule has 0 saturated carbocycles.